The van der Waals surface area contributed by atoms with Crippen molar-refractivity contribution in [1.29, 1.82) is 0 Å². The van der Waals surface area contributed by atoms with Crippen molar-refractivity contribution in [2.75, 3.05) is 11.4 Å². The molecule has 0 spiro atoms. The van der Waals surface area contributed by atoms with Crippen LogP contribution in [0, 0.1) is 0 Å². The number of aliphatic hydroxyl groups excluding tert-OH is 1. The first-order valence-electron chi connectivity index (χ1n) is 5.74. The zero-order valence-electron chi connectivity index (χ0n) is 10.3. The van der Waals surface area contributed by atoms with Gasteiger partial charge in [0.05, 0.1) is 18.8 Å². The van der Waals surface area contributed by atoms with Crippen LogP contribution in [0.5, 0.6) is 5.75 Å². The number of hydrogen-bond donors (Lipinski definition) is 1. The SMILES string of the molecule is CC(=O)CN1C(=O)C(C)Oc2cc(CO)ccc21. The van der Waals surface area contributed by atoms with E-state index in [1.165, 1.54) is 11.8 Å². The molecule has 1 heterocycles. The summed E-state index contributed by atoms with van der Waals surface area (Å²) in [6, 6.07) is 5.08. The maximum atomic E-state index is 12.0. The van der Waals surface area contributed by atoms with Crippen LogP contribution >= 0.6 is 0 Å². The molecule has 5 nitrogen and oxygen atoms in total. The van der Waals surface area contributed by atoms with E-state index in [0.717, 1.165) is 0 Å². The summed E-state index contributed by atoms with van der Waals surface area (Å²) >= 11 is 0. The number of fused-ring (bicyclic) bond motifs is 1. The Morgan fingerprint density at radius 3 is 2.83 bits per heavy atom. The van der Waals surface area contributed by atoms with Crippen LogP contribution < -0.4 is 9.64 Å². The maximum Gasteiger partial charge on any atom is 0.268 e. The molecule has 1 aliphatic rings. The molecular weight excluding hydrogens is 234 g/mol. The molecule has 96 valence electrons. The van der Waals surface area contributed by atoms with Gasteiger partial charge in [-0.05, 0) is 31.5 Å². The van der Waals surface area contributed by atoms with Gasteiger partial charge >= 0.3 is 0 Å². The van der Waals surface area contributed by atoms with Crippen molar-refractivity contribution in [2.24, 2.45) is 0 Å². The number of anilines is 1. The number of rotatable bonds is 3. The van der Waals surface area contributed by atoms with Crippen molar-refractivity contribution in [1.82, 2.24) is 0 Å². The molecule has 0 aliphatic carbocycles. The highest BCUT2D eigenvalue weighted by Crippen LogP contribution is 2.34. The second-order valence-electron chi connectivity index (χ2n) is 4.35. The Kier molecular flexibility index (Phi) is 3.34. The fourth-order valence-corrected chi connectivity index (χ4v) is 1.94. The smallest absolute Gasteiger partial charge is 0.268 e. The molecule has 1 aliphatic heterocycles. The Balaban J connectivity index is 2.43. The molecule has 0 fully saturated rings. The van der Waals surface area contributed by atoms with Crippen molar-refractivity contribution in [3.05, 3.63) is 23.8 Å². The number of nitrogens with zero attached hydrogens (tertiary/aromatic N) is 1. The molecule has 18 heavy (non-hydrogen) atoms. The lowest BCUT2D eigenvalue weighted by Crippen LogP contribution is -2.46. The van der Waals surface area contributed by atoms with Gasteiger partial charge in [-0.3, -0.25) is 14.5 Å². The number of amides is 1. The first-order chi connectivity index (χ1) is 8.52. The second-order valence-corrected chi connectivity index (χ2v) is 4.35. The summed E-state index contributed by atoms with van der Waals surface area (Å²) in [7, 11) is 0. The third-order valence-corrected chi connectivity index (χ3v) is 2.80. The topological polar surface area (TPSA) is 66.8 Å². The fraction of sp³-hybridized carbons (Fsp3) is 0.385. The zero-order chi connectivity index (χ0) is 13.3. The molecule has 0 radical (unpaired) electrons. The van der Waals surface area contributed by atoms with E-state index >= 15 is 0 Å². The Labute approximate surface area is 105 Å². The van der Waals surface area contributed by atoms with E-state index in [9.17, 15) is 9.59 Å². The molecule has 1 unspecified atom stereocenters. The minimum absolute atomic E-state index is 0.0397. The van der Waals surface area contributed by atoms with Crippen LogP contribution in [0.3, 0.4) is 0 Å². The molecule has 1 amide bonds. The molecule has 5 heteroatoms. The van der Waals surface area contributed by atoms with E-state index in [-0.39, 0.29) is 24.8 Å². The quantitative estimate of drug-likeness (QED) is 0.863. The number of benzene rings is 1. The molecule has 1 atom stereocenters. The van der Waals surface area contributed by atoms with E-state index in [2.05, 4.69) is 0 Å². The van der Waals surface area contributed by atoms with E-state index in [1.807, 2.05) is 0 Å². The molecule has 0 aromatic heterocycles. The van der Waals surface area contributed by atoms with Crippen molar-refractivity contribution in [3.63, 3.8) is 0 Å². The third kappa shape index (κ3) is 2.22. The van der Waals surface area contributed by atoms with Crippen LogP contribution in [0.4, 0.5) is 5.69 Å². The van der Waals surface area contributed by atoms with Crippen LogP contribution in [0.1, 0.15) is 19.4 Å². The molecular formula is C13H15NO4. The Morgan fingerprint density at radius 1 is 1.50 bits per heavy atom. The molecule has 0 saturated carbocycles. The largest absolute Gasteiger partial charge is 0.479 e. The van der Waals surface area contributed by atoms with Crippen molar-refractivity contribution in [3.8, 4) is 5.75 Å². The minimum atomic E-state index is -0.620. The van der Waals surface area contributed by atoms with Crippen LogP contribution in [0.2, 0.25) is 0 Å². The average Bonchev–Trinajstić information content (AvgIpc) is 2.33. The Morgan fingerprint density at radius 2 is 2.22 bits per heavy atom. The monoisotopic (exact) mass is 249 g/mol. The second kappa shape index (κ2) is 4.78. The Hall–Kier alpha value is -1.88. The van der Waals surface area contributed by atoms with Crippen LogP contribution in [-0.4, -0.2) is 29.4 Å². The van der Waals surface area contributed by atoms with E-state index in [4.69, 9.17) is 9.84 Å². The van der Waals surface area contributed by atoms with Gasteiger partial charge in [-0.25, -0.2) is 0 Å². The van der Waals surface area contributed by atoms with Crippen LogP contribution in [0.15, 0.2) is 18.2 Å². The van der Waals surface area contributed by atoms with E-state index in [0.29, 0.717) is 17.0 Å². The summed E-state index contributed by atoms with van der Waals surface area (Å²) in [5, 5.41) is 9.08. The van der Waals surface area contributed by atoms with Gasteiger partial charge < -0.3 is 9.84 Å². The molecule has 1 aromatic rings. The van der Waals surface area contributed by atoms with Crippen LogP contribution in [0.25, 0.3) is 0 Å². The number of hydrogen-bond acceptors (Lipinski definition) is 4. The summed E-state index contributed by atoms with van der Waals surface area (Å²) < 4.78 is 5.48. The number of carbonyl (C=O) groups is 2. The molecule has 0 saturated heterocycles. The summed E-state index contributed by atoms with van der Waals surface area (Å²) in [5.74, 6) is 0.207. The first kappa shape index (κ1) is 12.6. The van der Waals surface area contributed by atoms with Crippen LogP contribution in [-0.2, 0) is 16.2 Å². The number of Topliss-reactive ketones (excluding diaryl/α,β-unsaturated/α-hetero) is 1. The highest BCUT2D eigenvalue weighted by atomic mass is 16.5. The van der Waals surface area contributed by atoms with Gasteiger partial charge in [0.2, 0.25) is 0 Å². The summed E-state index contributed by atoms with van der Waals surface area (Å²) in [6.45, 7) is 3.03. The standard InChI is InChI=1S/C13H15NO4/c1-8(16)6-14-11-4-3-10(7-15)5-12(11)18-9(2)13(14)17/h3-5,9,15H,6-7H2,1-2H3. The average molecular weight is 249 g/mol. The molecule has 1 aromatic carbocycles. The lowest BCUT2D eigenvalue weighted by Gasteiger charge is -2.32. The fourth-order valence-electron chi connectivity index (χ4n) is 1.94. The van der Waals surface area contributed by atoms with Gasteiger partial charge in [0.25, 0.3) is 5.91 Å². The van der Waals surface area contributed by atoms with Gasteiger partial charge in [0.1, 0.15) is 11.5 Å². The number of carbonyl (C=O) groups excluding carboxylic acids is 2. The van der Waals surface area contributed by atoms with Gasteiger partial charge in [-0.2, -0.15) is 0 Å². The van der Waals surface area contributed by atoms with Gasteiger partial charge in [-0.1, -0.05) is 6.07 Å². The summed E-state index contributed by atoms with van der Waals surface area (Å²) in [6.07, 6.45) is -0.620. The van der Waals surface area contributed by atoms with Crippen molar-refractivity contribution < 1.29 is 19.4 Å². The van der Waals surface area contributed by atoms with Crippen molar-refractivity contribution in [2.45, 2.75) is 26.6 Å². The lowest BCUT2D eigenvalue weighted by molar-refractivity contribution is -0.127. The number of ether oxygens (including phenoxy) is 1. The van der Waals surface area contributed by atoms with E-state index < -0.39 is 6.10 Å². The molecule has 1 N–H and O–H groups in total. The minimum Gasteiger partial charge on any atom is -0.479 e. The third-order valence-electron chi connectivity index (χ3n) is 2.80. The highest BCUT2D eigenvalue weighted by Gasteiger charge is 2.32. The van der Waals surface area contributed by atoms with Gasteiger partial charge in [0.15, 0.2) is 6.10 Å². The summed E-state index contributed by atoms with van der Waals surface area (Å²) in [5.41, 5.74) is 1.28. The molecule has 2 rings (SSSR count). The van der Waals surface area contributed by atoms with E-state index in [1.54, 1.807) is 25.1 Å². The summed E-state index contributed by atoms with van der Waals surface area (Å²) in [4.78, 5) is 24.6. The normalized spacial score (nSPS) is 18.3. The lowest BCUT2D eigenvalue weighted by atomic mass is 10.1. The molecule has 0 bridgehead atoms. The first-order valence-corrected chi connectivity index (χ1v) is 5.74. The van der Waals surface area contributed by atoms with Gasteiger partial charge in [-0.15, -0.1) is 0 Å². The predicted molar refractivity (Wildman–Crippen MR) is 65.5 cm³/mol. The Bertz CT molecular complexity index is 498. The van der Waals surface area contributed by atoms with Gasteiger partial charge in [0, 0.05) is 0 Å². The van der Waals surface area contributed by atoms with Crippen molar-refractivity contribution >= 4 is 17.4 Å². The maximum absolute atomic E-state index is 12.0. The number of ketones is 1. The zero-order valence-corrected chi connectivity index (χ0v) is 10.3. The number of aliphatic hydroxyl groups is 1. The highest BCUT2D eigenvalue weighted by molar-refractivity contribution is 6.03. The predicted octanol–water partition coefficient (Wildman–Crippen LogP) is 0.882.